The molecule has 0 aliphatic carbocycles. The minimum absolute atomic E-state index is 0.0949. The number of unbranched alkanes of at least 4 members (excludes halogenated alkanes) is 1. The van der Waals surface area contributed by atoms with Crippen molar-refractivity contribution in [3.05, 3.63) is 59.9 Å². The summed E-state index contributed by atoms with van der Waals surface area (Å²) >= 11 is 0. The van der Waals surface area contributed by atoms with Crippen molar-refractivity contribution < 1.29 is 27.2 Å². The topological polar surface area (TPSA) is 97.0 Å². The predicted molar refractivity (Wildman–Crippen MR) is 127 cm³/mol. The van der Waals surface area contributed by atoms with Gasteiger partial charge in [0.15, 0.2) is 0 Å². The number of hydrogen-bond acceptors (Lipinski definition) is 6. The summed E-state index contributed by atoms with van der Waals surface area (Å²) in [7, 11) is -4.02. The number of ether oxygens (including phenoxy) is 1. The number of rotatable bonds is 12. The number of anilines is 1. The molecule has 2 N–H and O–H groups in total. The van der Waals surface area contributed by atoms with Crippen LogP contribution in [0.1, 0.15) is 38.2 Å². The first kappa shape index (κ1) is 26.1. The van der Waals surface area contributed by atoms with Gasteiger partial charge in [-0.3, -0.25) is 9.63 Å². The second-order valence-electron chi connectivity index (χ2n) is 8.18. The molecular formula is C24H32FN3O5S. The SMILES string of the molecule is CCCC[C@@H](CC(=O)NOCc1ccccc1)NS(=O)(=O)c1ccc(N2CCOCC2)c(F)c1. The molecule has 1 heterocycles. The van der Waals surface area contributed by atoms with Crippen molar-refractivity contribution in [1.29, 1.82) is 0 Å². The Balaban J connectivity index is 1.61. The number of benzene rings is 2. The van der Waals surface area contributed by atoms with Crippen LogP contribution in [0.15, 0.2) is 53.4 Å². The van der Waals surface area contributed by atoms with Gasteiger partial charge in [0, 0.05) is 25.6 Å². The first-order valence-corrected chi connectivity index (χ1v) is 13.0. The Morgan fingerprint density at radius 3 is 2.59 bits per heavy atom. The van der Waals surface area contributed by atoms with E-state index in [0.29, 0.717) is 38.4 Å². The van der Waals surface area contributed by atoms with Gasteiger partial charge in [-0.05, 0) is 30.2 Å². The monoisotopic (exact) mass is 493 g/mol. The number of nitrogens with one attached hydrogen (secondary N) is 2. The van der Waals surface area contributed by atoms with E-state index in [2.05, 4.69) is 10.2 Å². The van der Waals surface area contributed by atoms with Gasteiger partial charge < -0.3 is 9.64 Å². The Hall–Kier alpha value is -2.53. The largest absolute Gasteiger partial charge is 0.378 e. The fraction of sp³-hybridized carbons (Fsp3) is 0.458. The minimum Gasteiger partial charge on any atom is -0.378 e. The summed E-state index contributed by atoms with van der Waals surface area (Å²) in [5.41, 5.74) is 3.61. The van der Waals surface area contributed by atoms with Gasteiger partial charge in [0.1, 0.15) is 5.82 Å². The van der Waals surface area contributed by atoms with E-state index < -0.39 is 27.8 Å². The third kappa shape index (κ3) is 7.76. The zero-order valence-electron chi connectivity index (χ0n) is 19.3. The van der Waals surface area contributed by atoms with E-state index in [1.807, 2.05) is 42.2 Å². The molecule has 0 saturated carbocycles. The summed E-state index contributed by atoms with van der Waals surface area (Å²) in [6.45, 7) is 4.26. The van der Waals surface area contributed by atoms with Gasteiger partial charge in [0.25, 0.3) is 0 Å². The Labute approximate surface area is 200 Å². The van der Waals surface area contributed by atoms with Crippen LogP contribution < -0.4 is 15.1 Å². The molecule has 0 aromatic heterocycles. The molecule has 10 heteroatoms. The highest BCUT2D eigenvalue weighted by molar-refractivity contribution is 7.89. The van der Waals surface area contributed by atoms with Crippen molar-refractivity contribution in [1.82, 2.24) is 10.2 Å². The molecule has 1 saturated heterocycles. The second-order valence-corrected chi connectivity index (χ2v) is 9.89. The number of morpholine rings is 1. The van der Waals surface area contributed by atoms with Crippen molar-refractivity contribution >= 4 is 21.6 Å². The van der Waals surface area contributed by atoms with E-state index >= 15 is 0 Å². The van der Waals surface area contributed by atoms with Gasteiger partial charge in [-0.2, -0.15) is 0 Å². The normalized spacial score (nSPS) is 15.2. The maximum atomic E-state index is 14.7. The van der Waals surface area contributed by atoms with Gasteiger partial charge in [0.05, 0.1) is 30.4 Å². The van der Waals surface area contributed by atoms with E-state index in [0.717, 1.165) is 24.5 Å². The highest BCUT2D eigenvalue weighted by Gasteiger charge is 2.24. The molecule has 0 radical (unpaired) electrons. The van der Waals surface area contributed by atoms with E-state index in [9.17, 15) is 17.6 Å². The van der Waals surface area contributed by atoms with Crippen LogP contribution in [0.2, 0.25) is 0 Å². The predicted octanol–water partition coefficient (Wildman–Crippen LogP) is 3.14. The van der Waals surface area contributed by atoms with Gasteiger partial charge in [0.2, 0.25) is 15.9 Å². The molecule has 1 atom stereocenters. The Morgan fingerprint density at radius 1 is 1.18 bits per heavy atom. The van der Waals surface area contributed by atoms with Crippen molar-refractivity contribution in [2.75, 3.05) is 31.2 Å². The molecule has 186 valence electrons. The van der Waals surface area contributed by atoms with Crippen LogP contribution in [-0.4, -0.2) is 46.7 Å². The molecule has 1 aliphatic rings. The van der Waals surface area contributed by atoms with Crippen molar-refractivity contribution in [3.8, 4) is 0 Å². The zero-order valence-corrected chi connectivity index (χ0v) is 20.2. The maximum Gasteiger partial charge on any atom is 0.245 e. The fourth-order valence-electron chi connectivity index (χ4n) is 3.70. The first-order chi connectivity index (χ1) is 16.4. The number of sulfonamides is 1. The van der Waals surface area contributed by atoms with E-state index in [4.69, 9.17) is 9.57 Å². The van der Waals surface area contributed by atoms with E-state index in [1.54, 1.807) is 0 Å². The lowest BCUT2D eigenvalue weighted by Crippen LogP contribution is -2.39. The summed E-state index contributed by atoms with van der Waals surface area (Å²) in [6.07, 6.45) is 1.95. The van der Waals surface area contributed by atoms with Crippen LogP contribution in [0.4, 0.5) is 10.1 Å². The van der Waals surface area contributed by atoms with Crippen LogP contribution >= 0.6 is 0 Å². The Kier molecular flexibility index (Phi) is 9.82. The molecule has 1 fully saturated rings. The molecule has 3 rings (SSSR count). The first-order valence-electron chi connectivity index (χ1n) is 11.5. The van der Waals surface area contributed by atoms with Gasteiger partial charge in [-0.25, -0.2) is 23.0 Å². The summed E-state index contributed by atoms with van der Waals surface area (Å²) in [4.78, 5) is 19.3. The quantitative estimate of drug-likeness (QED) is 0.441. The number of nitrogens with zero attached hydrogens (tertiary/aromatic N) is 1. The second kappa shape index (κ2) is 12.8. The summed E-state index contributed by atoms with van der Waals surface area (Å²) in [5.74, 6) is -1.05. The smallest absolute Gasteiger partial charge is 0.245 e. The average molecular weight is 494 g/mol. The lowest BCUT2D eigenvalue weighted by Gasteiger charge is -2.29. The van der Waals surface area contributed by atoms with Gasteiger partial charge >= 0.3 is 0 Å². The van der Waals surface area contributed by atoms with Crippen LogP contribution in [-0.2, 0) is 31.0 Å². The zero-order chi connectivity index (χ0) is 24.4. The van der Waals surface area contributed by atoms with Crippen LogP contribution in [0.25, 0.3) is 0 Å². The van der Waals surface area contributed by atoms with E-state index in [-0.39, 0.29) is 17.9 Å². The number of hydrogen-bond donors (Lipinski definition) is 2. The lowest BCUT2D eigenvalue weighted by molar-refractivity contribution is -0.135. The molecule has 0 unspecified atom stereocenters. The van der Waals surface area contributed by atoms with Crippen molar-refractivity contribution in [3.63, 3.8) is 0 Å². The highest BCUT2D eigenvalue weighted by Crippen LogP contribution is 2.24. The molecule has 1 aliphatic heterocycles. The summed E-state index contributed by atoms with van der Waals surface area (Å²) in [6, 6.07) is 12.6. The average Bonchev–Trinajstić information content (AvgIpc) is 2.83. The lowest BCUT2D eigenvalue weighted by atomic mass is 10.1. The van der Waals surface area contributed by atoms with Crippen LogP contribution in [0, 0.1) is 5.82 Å². The number of carbonyl (C=O) groups excluding carboxylic acids is 1. The Morgan fingerprint density at radius 2 is 1.91 bits per heavy atom. The molecule has 2 aromatic rings. The molecule has 1 amide bonds. The number of amides is 1. The molecule has 2 aromatic carbocycles. The third-order valence-electron chi connectivity index (χ3n) is 5.51. The summed E-state index contributed by atoms with van der Waals surface area (Å²) < 4.78 is 48.5. The van der Waals surface area contributed by atoms with E-state index in [1.165, 1.54) is 12.1 Å². The molecular weight excluding hydrogens is 461 g/mol. The highest BCUT2D eigenvalue weighted by atomic mass is 32.2. The molecule has 34 heavy (non-hydrogen) atoms. The molecule has 8 nitrogen and oxygen atoms in total. The van der Waals surface area contributed by atoms with Crippen LogP contribution in [0.5, 0.6) is 0 Å². The van der Waals surface area contributed by atoms with Crippen LogP contribution in [0.3, 0.4) is 0 Å². The number of hydroxylamine groups is 1. The van der Waals surface area contributed by atoms with Crippen molar-refractivity contribution in [2.24, 2.45) is 0 Å². The van der Waals surface area contributed by atoms with Gasteiger partial charge in [-0.1, -0.05) is 50.1 Å². The van der Waals surface area contributed by atoms with Gasteiger partial charge in [-0.15, -0.1) is 0 Å². The number of halogens is 1. The summed E-state index contributed by atoms with van der Waals surface area (Å²) in [5, 5.41) is 0. The third-order valence-corrected chi connectivity index (χ3v) is 7.03. The van der Waals surface area contributed by atoms with Crippen molar-refractivity contribution in [2.45, 2.75) is 50.2 Å². The Bertz CT molecular complexity index is 1030. The molecule has 0 bridgehead atoms. The standard InChI is InChI=1S/C24H32FN3O5S/c1-2-3-9-20(16-24(29)26-33-18-19-7-5-4-6-8-19)27-34(30,31)21-10-11-23(22(25)17-21)28-12-14-32-15-13-28/h4-8,10-11,17,20,27H,2-3,9,12-16,18H2,1H3,(H,26,29)/t20-/m0/s1. The molecule has 0 spiro atoms. The number of carbonyl (C=O) groups is 1. The maximum absolute atomic E-state index is 14.7. The fourth-order valence-corrected chi connectivity index (χ4v) is 4.98. The minimum atomic E-state index is -4.02.